The van der Waals surface area contributed by atoms with Crippen LogP contribution in [0.4, 0.5) is 0 Å². The van der Waals surface area contributed by atoms with Crippen molar-refractivity contribution in [3.05, 3.63) is 29.8 Å². The van der Waals surface area contributed by atoms with Crippen molar-refractivity contribution in [1.82, 2.24) is 19.6 Å². The lowest BCUT2D eigenvalue weighted by molar-refractivity contribution is -0.136. The Balaban J connectivity index is 1.24. The van der Waals surface area contributed by atoms with E-state index in [0.717, 1.165) is 77.2 Å². The molecule has 32 heavy (non-hydrogen) atoms. The van der Waals surface area contributed by atoms with Crippen molar-refractivity contribution in [3.8, 4) is 5.75 Å². The molecule has 3 aliphatic rings. The van der Waals surface area contributed by atoms with E-state index in [2.05, 4.69) is 26.8 Å². The van der Waals surface area contributed by atoms with Crippen molar-refractivity contribution in [3.63, 3.8) is 0 Å². The summed E-state index contributed by atoms with van der Waals surface area (Å²) in [7, 11) is 0. The van der Waals surface area contributed by atoms with Gasteiger partial charge in [0.25, 0.3) is 0 Å². The van der Waals surface area contributed by atoms with E-state index in [1.807, 2.05) is 24.0 Å². The topological polar surface area (TPSA) is 56.3 Å². The van der Waals surface area contributed by atoms with Crippen molar-refractivity contribution < 1.29 is 14.3 Å². The Kier molecular flexibility index (Phi) is 8.03. The van der Waals surface area contributed by atoms with Gasteiger partial charge >= 0.3 is 0 Å². The van der Waals surface area contributed by atoms with Crippen LogP contribution in [0.25, 0.3) is 0 Å². The molecule has 0 saturated carbocycles. The standard InChI is InChI=1S/C25H38N4O3/c1-2-32-22-10-8-21(9-11-22)23-7-6-14-29(23)25(31)20-27-17-15-26(16-18-27)19-24(30)28-12-4-3-5-13-28/h8-11,23H,2-7,12-20H2,1H3. The van der Waals surface area contributed by atoms with Crippen LogP contribution < -0.4 is 4.74 Å². The number of amides is 2. The van der Waals surface area contributed by atoms with E-state index >= 15 is 0 Å². The molecule has 1 aromatic carbocycles. The number of ether oxygens (including phenoxy) is 1. The molecule has 0 spiro atoms. The third-order valence-corrected chi connectivity index (χ3v) is 7.04. The molecule has 1 atom stereocenters. The minimum absolute atomic E-state index is 0.168. The van der Waals surface area contributed by atoms with Gasteiger partial charge in [-0.15, -0.1) is 0 Å². The summed E-state index contributed by atoms with van der Waals surface area (Å²) in [6.07, 6.45) is 5.58. The Hall–Kier alpha value is -2.12. The summed E-state index contributed by atoms with van der Waals surface area (Å²) in [6, 6.07) is 8.37. The third kappa shape index (κ3) is 5.81. The fraction of sp³-hybridized carbons (Fsp3) is 0.680. The maximum Gasteiger partial charge on any atom is 0.237 e. The van der Waals surface area contributed by atoms with Crippen LogP contribution in [0.2, 0.25) is 0 Å². The van der Waals surface area contributed by atoms with Crippen molar-refractivity contribution in [2.75, 3.05) is 65.5 Å². The first-order valence-corrected chi connectivity index (χ1v) is 12.4. The highest BCUT2D eigenvalue weighted by molar-refractivity contribution is 5.79. The highest BCUT2D eigenvalue weighted by Gasteiger charge is 2.31. The molecule has 0 aromatic heterocycles. The molecule has 0 bridgehead atoms. The minimum atomic E-state index is 0.168. The normalized spacial score (nSPS) is 22.8. The molecule has 7 nitrogen and oxygen atoms in total. The van der Waals surface area contributed by atoms with Crippen LogP contribution in [0, 0.1) is 0 Å². The average Bonchev–Trinajstić information content (AvgIpc) is 3.32. The highest BCUT2D eigenvalue weighted by Crippen LogP contribution is 2.33. The van der Waals surface area contributed by atoms with Gasteiger partial charge in [-0.2, -0.15) is 0 Å². The summed E-state index contributed by atoms with van der Waals surface area (Å²) in [6.45, 7) is 9.71. The Morgan fingerprint density at radius 1 is 0.812 bits per heavy atom. The molecule has 3 saturated heterocycles. The van der Waals surface area contributed by atoms with Gasteiger partial charge in [0, 0.05) is 45.8 Å². The van der Waals surface area contributed by atoms with Crippen LogP contribution in [0.3, 0.4) is 0 Å². The van der Waals surface area contributed by atoms with E-state index in [1.54, 1.807) is 0 Å². The number of benzene rings is 1. The number of hydrogen-bond acceptors (Lipinski definition) is 5. The Bertz CT molecular complexity index is 755. The summed E-state index contributed by atoms with van der Waals surface area (Å²) in [4.78, 5) is 34.2. The van der Waals surface area contributed by atoms with Crippen LogP contribution in [0.1, 0.15) is 50.6 Å². The first-order chi connectivity index (χ1) is 15.6. The first kappa shape index (κ1) is 23.1. The zero-order chi connectivity index (χ0) is 22.3. The minimum Gasteiger partial charge on any atom is -0.494 e. The molecule has 3 heterocycles. The molecule has 1 unspecified atom stereocenters. The van der Waals surface area contributed by atoms with Crippen LogP contribution in [0.15, 0.2) is 24.3 Å². The zero-order valence-corrected chi connectivity index (χ0v) is 19.5. The molecule has 3 aliphatic heterocycles. The van der Waals surface area contributed by atoms with Gasteiger partial charge in [0.15, 0.2) is 0 Å². The fourth-order valence-corrected chi connectivity index (χ4v) is 5.19. The van der Waals surface area contributed by atoms with Crippen molar-refractivity contribution in [2.45, 2.75) is 45.1 Å². The summed E-state index contributed by atoms with van der Waals surface area (Å²) in [5.74, 6) is 1.37. The number of hydrogen-bond donors (Lipinski definition) is 0. The molecule has 7 heteroatoms. The van der Waals surface area contributed by atoms with Gasteiger partial charge in [-0.3, -0.25) is 19.4 Å². The molecule has 2 amide bonds. The van der Waals surface area contributed by atoms with Crippen molar-refractivity contribution in [2.24, 2.45) is 0 Å². The van der Waals surface area contributed by atoms with E-state index in [4.69, 9.17) is 4.74 Å². The van der Waals surface area contributed by atoms with Crippen LogP contribution in [0.5, 0.6) is 5.75 Å². The predicted octanol–water partition coefficient (Wildman–Crippen LogP) is 2.38. The molecule has 4 rings (SSSR count). The van der Waals surface area contributed by atoms with Gasteiger partial charge in [-0.1, -0.05) is 12.1 Å². The molecule has 0 radical (unpaired) electrons. The maximum atomic E-state index is 13.1. The van der Waals surface area contributed by atoms with Crippen LogP contribution in [-0.4, -0.2) is 96.9 Å². The number of carbonyl (C=O) groups excluding carboxylic acids is 2. The molecular weight excluding hydrogens is 404 g/mol. The predicted molar refractivity (Wildman–Crippen MR) is 125 cm³/mol. The van der Waals surface area contributed by atoms with E-state index < -0.39 is 0 Å². The number of piperazine rings is 1. The summed E-state index contributed by atoms with van der Waals surface area (Å²) in [5.41, 5.74) is 1.19. The van der Waals surface area contributed by atoms with E-state index in [0.29, 0.717) is 19.7 Å². The summed E-state index contributed by atoms with van der Waals surface area (Å²) >= 11 is 0. The quantitative estimate of drug-likeness (QED) is 0.649. The zero-order valence-electron chi connectivity index (χ0n) is 19.5. The van der Waals surface area contributed by atoms with Gasteiger partial charge in [0.1, 0.15) is 5.75 Å². The molecule has 3 fully saturated rings. The van der Waals surface area contributed by atoms with Gasteiger partial charge in [-0.25, -0.2) is 0 Å². The van der Waals surface area contributed by atoms with Crippen molar-refractivity contribution in [1.29, 1.82) is 0 Å². The van der Waals surface area contributed by atoms with Crippen LogP contribution in [-0.2, 0) is 9.59 Å². The molecule has 0 N–H and O–H groups in total. The molecule has 1 aromatic rings. The Morgan fingerprint density at radius 3 is 2.06 bits per heavy atom. The number of nitrogens with zero attached hydrogens (tertiary/aromatic N) is 4. The van der Waals surface area contributed by atoms with Gasteiger partial charge < -0.3 is 14.5 Å². The number of likely N-dealkylation sites (tertiary alicyclic amines) is 2. The highest BCUT2D eigenvalue weighted by atomic mass is 16.5. The molecule has 0 aliphatic carbocycles. The fourth-order valence-electron chi connectivity index (χ4n) is 5.19. The molecule has 176 valence electrons. The lowest BCUT2D eigenvalue weighted by atomic mass is 10.0. The smallest absolute Gasteiger partial charge is 0.237 e. The molecular formula is C25H38N4O3. The van der Waals surface area contributed by atoms with Gasteiger partial charge in [0.2, 0.25) is 11.8 Å². The number of piperidine rings is 1. The van der Waals surface area contributed by atoms with E-state index in [9.17, 15) is 9.59 Å². The average molecular weight is 443 g/mol. The first-order valence-electron chi connectivity index (χ1n) is 12.4. The van der Waals surface area contributed by atoms with Crippen molar-refractivity contribution >= 4 is 11.8 Å². The monoisotopic (exact) mass is 442 g/mol. The second-order valence-corrected chi connectivity index (χ2v) is 9.24. The lowest BCUT2D eigenvalue weighted by Crippen LogP contribution is -2.52. The SMILES string of the molecule is CCOc1ccc(C2CCCN2C(=O)CN2CCN(CC(=O)N3CCCCC3)CC2)cc1. The Morgan fingerprint density at radius 2 is 1.44 bits per heavy atom. The second kappa shape index (κ2) is 11.1. The van der Waals surface area contributed by atoms with E-state index in [1.165, 1.54) is 12.0 Å². The summed E-state index contributed by atoms with van der Waals surface area (Å²) in [5, 5.41) is 0. The lowest BCUT2D eigenvalue weighted by Gasteiger charge is -2.36. The largest absolute Gasteiger partial charge is 0.494 e. The van der Waals surface area contributed by atoms with Gasteiger partial charge in [0.05, 0.1) is 25.7 Å². The maximum absolute atomic E-state index is 13.1. The Labute approximate surface area is 192 Å². The number of rotatable bonds is 7. The number of carbonyl (C=O) groups is 2. The second-order valence-electron chi connectivity index (χ2n) is 9.24. The van der Waals surface area contributed by atoms with E-state index in [-0.39, 0.29) is 17.9 Å². The van der Waals surface area contributed by atoms with Crippen LogP contribution >= 0.6 is 0 Å². The summed E-state index contributed by atoms with van der Waals surface area (Å²) < 4.78 is 5.55. The van der Waals surface area contributed by atoms with Gasteiger partial charge in [-0.05, 0) is 56.7 Å². The third-order valence-electron chi connectivity index (χ3n) is 7.04.